The fourth-order valence-electron chi connectivity index (χ4n) is 2.50. The van der Waals surface area contributed by atoms with Gasteiger partial charge in [-0.3, -0.25) is 0 Å². The van der Waals surface area contributed by atoms with E-state index >= 15 is 0 Å². The third-order valence-electron chi connectivity index (χ3n) is 3.64. The topological polar surface area (TPSA) is 80.5 Å². The molecule has 2 heterocycles. The smallest absolute Gasteiger partial charge is 0.340 e. The Bertz CT molecular complexity index is 478. The van der Waals surface area contributed by atoms with Gasteiger partial charge in [0.15, 0.2) is 0 Å². The summed E-state index contributed by atoms with van der Waals surface area (Å²) in [6.45, 7) is 5.37. The lowest BCUT2D eigenvalue weighted by atomic mass is 10.1. The molecule has 20 heavy (non-hydrogen) atoms. The number of carbonyl (C=O) groups is 1. The Balaban J connectivity index is 2.07. The van der Waals surface area contributed by atoms with Crippen molar-refractivity contribution in [3.8, 4) is 0 Å². The van der Waals surface area contributed by atoms with Gasteiger partial charge in [-0.25, -0.2) is 9.78 Å². The second-order valence-electron chi connectivity index (χ2n) is 5.03. The largest absolute Gasteiger partial charge is 0.465 e. The second-order valence-corrected chi connectivity index (χ2v) is 5.03. The van der Waals surface area contributed by atoms with E-state index in [2.05, 4.69) is 22.1 Å². The molecule has 0 bridgehead atoms. The fraction of sp³-hybridized carbons (Fsp3) is 0.571. The van der Waals surface area contributed by atoms with Crippen molar-refractivity contribution < 1.29 is 9.53 Å². The number of anilines is 2. The quantitative estimate of drug-likeness (QED) is 0.809. The first-order chi connectivity index (χ1) is 9.63. The molecule has 2 rings (SSSR count). The van der Waals surface area contributed by atoms with Crippen LogP contribution in [0.1, 0.15) is 30.1 Å². The highest BCUT2D eigenvalue weighted by molar-refractivity contribution is 5.95. The number of hydrogen-bond donors (Lipinski definition) is 2. The Morgan fingerprint density at radius 3 is 3.15 bits per heavy atom. The molecular weight excluding hydrogens is 256 g/mol. The predicted octanol–water partition coefficient (Wildman–Crippen LogP) is 1.35. The van der Waals surface area contributed by atoms with E-state index in [4.69, 9.17) is 10.5 Å². The van der Waals surface area contributed by atoms with Crippen molar-refractivity contribution in [1.82, 2.24) is 9.88 Å². The Hall–Kier alpha value is -1.82. The van der Waals surface area contributed by atoms with Crippen molar-refractivity contribution >= 4 is 17.5 Å². The van der Waals surface area contributed by atoms with E-state index in [9.17, 15) is 4.79 Å². The molecular formula is C14H22N4O2. The number of carbonyl (C=O) groups excluding carboxylic acids is 1. The Morgan fingerprint density at radius 2 is 2.45 bits per heavy atom. The van der Waals surface area contributed by atoms with Gasteiger partial charge in [0.05, 0.1) is 24.6 Å². The summed E-state index contributed by atoms with van der Waals surface area (Å²) in [5, 5.41) is 3.38. The SMILES string of the molecule is CCN1CCCC(Nc2cc(C(=O)OC)c(N)cn2)C1. The molecule has 0 saturated carbocycles. The third kappa shape index (κ3) is 3.39. The number of likely N-dealkylation sites (N-methyl/N-ethyl adjacent to an activating group) is 1. The van der Waals surface area contributed by atoms with Crippen LogP contribution in [0.25, 0.3) is 0 Å². The van der Waals surface area contributed by atoms with Crippen LogP contribution >= 0.6 is 0 Å². The summed E-state index contributed by atoms with van der Waals surface area (Å²) >= 11 is 0. The van der Waals surface area contributed by atoms with E-state index in [0.717, 1.165) is 26.1 Å². The van der Waals surface area contributed by atoms with E-state index in [-0.39, 0.29) is 0 Å². The van der Waals surface area contributed by atoms with Crippen LogP contribution in [0.5, 0.6) is 0 Å². The number of likely N-dealkylation sites (tertiary alicyclic amines) is 1. The zero-order chi connectivity index (χ0) is 14.5. The van der Waals surface area contributed by atoms with Gasteiger partial charge in [-0.2, -0.15) is 0 Å². The molecule has 0 radical (unpaired) electrons. The van der Waals surface area contributed by atoms with Crippen LogP contribution in [0.2, 0.25) is 0 Å². The summed E-state index contributed by atoms with van der Waals surface area (Å²) in [5.41, 5.74) is 6.43. The first-order valence-corrected chi connectivity index (χ1v) is 6.96. The fourth-order valence-corrected chi connectivity index (χ4v) is 2.50. The summed E-state index contributed by atoms with van der Waals surface area (Å²) in [5.74, 6) is 0.231. The number of piperidine rings is 1. The number of esters is 1. The number of ether oxygens (including phenoxy) is 1. The maximum absolute atomic E-state index is 11.6. The van der Waals surface area contributed by atoms with Crippen molar-refractivity contribution in [3.63, 3.8) is 0 Å². The highest BCUT2D eigenvalue weighted by Gasteiger charge is 2.19. The normalized spacial score (nSPS) is 19.6. The lowest BCUT2D eigenvalue weighted by Crippen LogP contribution is -2.42. The Morgan fingerprint density at radius 1 is 1.65 bits per heavy atom. The van der Waals surface area contributed by atoms with Crippen molar-refractivity contribution in [1.29, 1.82) is 0 Å². The van der Waals surface area contributed by atoms with E-state index in [0.29, 0.717) is 23.1 Å². The summed E-state index contributed by atoms with van der Waals surface area (Å²) in [6, 6.07) is 2.01. The second kappa shape index (κ2) is 6.56. The highest BCUT2D eigenvalue weighted by Crippen LogP contribution is 2.19. The standard InChI is InChI=1S/C14H22N4O2/c1-3-18-6-4-5-10(9-18)17-13-7-11(14(19)20-2)12(15)8-16-13/h7-8,10H,3-6,9,15H2,1-2H3,(H,16,17). The first-order valence-electron chi connectivity index (χ1n) is 6.96. The molecule has 6 nitrogen and oxygen atoms in total. The van der Waals surface area contributed by atoms with E-state index < -0.39 is 5.97 Å². The van der Waals surface area contributed by atoms with Crippen LogP contribution in [0.4, 0.5) is 11.5 Å². The molecule has 110 valence electrons. The number of methoxy groups -OCH3 is 1. The molecule has 1 aromatic rings. The van der Waals surface area contributed by atoms with Gasteiger partial charge in [0.2, 0.25) is 0 Å². The number of nitrogens with one attached hydrogen (secondary N) is 1. The van der Waals surface area contributed by atoms with Crippen LogP contribution in [-0.4, -0.2) is 48.6 Å². The first kappa shape index (κ1) is 14.6. The third-order valence-corrected chi connectivity index (χ3v) is 3.64. The predicted molar refractivity (Wildman–Crippen MR) is 78.7 cm³/mol. The molecule has 0 spiro atoms. The Labute approximate surface area is 119 Å². The monoisotopic (exact) mass is 278 g/mol. The molecule has 1 aliphatic heterocycles. The molecule has 1 saturated heterocycles. The zero-order valence-electron chi connectivity index (χ0n) is 12.1. The van der Waals surface area contributed by atoms with Gasteiger partial charge < -0.3 is 20.7 Å². The minimum absolute atomic E-state index is 0.334. The number of nitrogens with zero attached hydrogens (tertiary/aromatic N) is 2. The van der Waals surface area contributed by atoms with Crippen molar-refractivity contribution in [2.24, 2.45) is 0 Å². The molecule has 6 heteroatoms. The summed E-state index contributed by atoms with van der Waals surface area (Å²) in [7, 11) is 1.34. The van der Waals surface area contributed by atoms with Crippen LogP contribution in [0.3, 0.4) is 0 Å². The van der Waals surface area contributed by atoms with Crippen molar-refractivity contribution in [2.75, 3.05) is 37.8 Å². The number of nitrogens with two attached hydrogens (primary N) is 1. The number of pyridine rings is 1. The van der Waals surface area contributed by atoms with Gasteiger partial charge in [-0.1, -0.05) is 6.92 Å². The van der Waals surface area contributed by atoms with Crippen LogP contribution in [-0.2, 0) is 4.74 Å². The van der Waals surface area contributed by atoms with Gasteiger partial charge in [0, 0.05) is 12.6 Å². The van der Waals surface area contributed by atoms with Crippen molar-refractivity contribution in [2.45, 2.75) is 25.8 Å². The van der Waals surface area contributed by atoms with E-state index in [1.54, 1.807) is 6.07 Å². The van der Waals surface area contributed by atoms with Crippen LogP contribution in [0, 0.1) is 0 Å². The van der Waals surface area contributed by atoms with E-state index in [1.807, 2.05) is 0 Å². The van der Waals surface area contributed by atoms with E-state index in [1.165, 1.54) is 19.7 Å². The highest BCUT2D eigenvalue weighted by atomic mass is 16.5. The average molecular weight is 278 g/mol. The van der Waals surface area contributed by atoms with Gasteiger partial charge in [0.25, 0.3) is 0 Å². The molecule has 1 fully saturated rings. The maximum Gasteiger partial charge on any atom is 0.340 e. The minimum Gasteiger partial charge on any atom is -0.465 e. The van der Waals surface area contributed by atoms with Crippen molar-refractivity contribution in [3.05, 3.63) is 17.8 Å². The minimum atomic E-state index is -0.438. The summed E-state index contributed by atoms with van der Waals surface area (Å²) in [4.78, 5) is 18.3. The molecule has 0 amide bonds. The van der Waals surface area contributed by atoms with Gasteiger partial charge in [0.1, 0.15) is 5.82 Å². The number of hydrogen-bond acceptors (Lipinski definition) is 6. The summed E-state index contributed by atoms with van der Waals surface area (Å²) < 4.78 is 4.71. The van der Waals surface area contributed by atoms with Crippen LogP contribution < -0.4 is 11.1 Å². The van der Waals surface area contributed by atoms with Gasteiger partial charge in [-0.05, 0) is 32.0 Å². The Kier molecular flexibility index (Phi) is 4.79. The lowest BCUT2D eigenvalue weighted by molar-refractivity contribution is 0.0602. The number of nitrogen functional groups attached to an aromatic ring is 1. The van der Waals surface area contributed by atoms with Gasteiger partial charge in [-0.15, -0.1) is 0 Å². The molecule has 1 aromatic heterocycles. The van der Waals surface area contributed by atoms with Gasteiger partial charge >= 0.3 is 5.97 Å². The molecule has 3 N–H and O–H groups in total. The maximum atomic E-state index is 11.6. The number of aromatic nitrogens is 1. The molecule has 1 unspecified atom stereocenters. The molecule has 1 atom stereocenters. The summed E-state index contributed by atoms with van der Waals surface area (Å²) in [6.07, 6.45) is 3.77. The number of rotatable bonds is 4. The average Bonchev–Trinajstić information content (AvgIpc) is 2.48. The molecule has 1 aliphatic rings. The zero-order valence-corrected chi connectivity index (χ0v) is 12.1. The van der Waals surface area contributed by atoms with Crippen LogP contribution in [0.15, 0.2) is 12.3 Å². The lowest BCUT2D eigenvalue weighted by Gasteiger charge is -2.32. The molecule has 0 aliphatic carbocycles. The molecule has 0 aromatic carbocycles.